The highest BCUT2D eigenvalue weighted by Crippen LogP contribution is 2.42. The minimum absolute atomic E-state index is 0.193. The van der Waals surface area contributed by atoms with Crippen LogP contribution in [0.4, 0.5) is 0 Å². The fraction of sp³-hybridized carbons (Fsp3) is 1.00. The minimum atomic E-state index is -0.193. The van der Waals surface area contributed by atoms with Crippen molar-refractivity contribution in [3.8, 4) is 0 Å². The molecule has 1 fully saturated rings. The van der Waals surface area contributed by atoms with Gasteiger partial charge in [-0.05, 0) is 30.1 Å². The first-order valence-electron chi connectivity index (χ1n) is 5.40. The van der Waals surface area contributed by atoms with Gasteiger partial charge in [-0.25, -0.2) is 0 Å². The number of hydrogen-bond acceptors (Lipinski definition) is 2. The normalized spacial score (nSPS) is 40.2. The molecule has 1 saturated carbocycles. The molecule has 0 amide bonds. The van der Waals surface area contributed by atoms with Crippen LogP contribution in [-0.4, -0.2) is 22.9 Å². The Bertz CT molecular complexity index is 156. The number of rotatable bonds is 3. The fourth-order valence-corrected chi connectivity index (χ4v) is 3.00. The topological polar surface area (TPSA) is 40.5 Å². The van der Waals surface area contributed by atoms with Crippen LogP contribution in [0.3, 0.4) is 0 Å². The third-order valence-corrected chi connectivity index (χ3v) is 3.56. The molecule has 13 heavy (non-hydrogen) atoms. The molecule has 0 radical (unpaired) electrons. The lowest BCUT2D eigenvalue weighted by atomic mass is 9.80. The van der Waals surface area contributed by atoms with Gasteiger partial charge in [-0.2, -0.15) is 0 Å². The highest BCUT2D eigenvalue weighted by Gasteiger charge is 2.42. The molecule has 0 bridgehead atoms. The Morgan fingerprint density at radius 2 is 2.00 bits per heavy atom. The summed E-state index contributed by atoms with van der Waals surface area (Å²) in [5, 5.41) is 19.0. The summed E-state index contributed by atoms with van der Waals surface area (Å²) >= 11 is 0. The van der Waals surface area contributed by atoms with Crippen LogP contribution in [0.1, 0.15) is 33.6 Å². The second-order valence-electron chi connectivity index (χ2n) is 4.64. The first-order chi connectivity index (χ1) is 6.11. The molecular weight excluding hydrogens is 164 g/mol. The molecule has 0 aromatic rings. The maximum Gasteiger partial charge on any atom is 0.0577 e. The second kappa shape index (κ2) is 4.43. The van der Waals surface area contributed by atoms with Crippen molar-refractivity contribution < 1.29 is 10.2 Å². The highest BCUT2D eigenvalue weighted by atomic mass is 16.3. The van der Waals surface area contributed by atoms with Gasteiger partial charge in [0.25, 0.3) is 0 Å². The van der Waals surface area contributed by atoms with Gasteiger partial charge in [-0.1, -0.05) is 27.2 Å². The van der Waals surface area contributed by atoms with Gasteiger partial charge < -0.3 is 10.2 Å². The summed E-state index contributed by atoms with van der Waals surface area (Å²) in [5.41, 5.74) is 0. The van der Waals surface area contributed by atoms with E-state index in [1.165, 1.54) is 0 Å². The Labute approximate surface area is 81.0 Å². The molecule has 2 nitrogen and oxygen atoms in total. The molecule has 4 unspecified atom stereocenters. The van der Waals surface area contributed by atoms with Gasteiger partial charge in [0.2, 0.25) is 0 Å². The zero-order valence-corrected chi connectivity index (χ0v) is 8.90. The summed E-state index contributed by atoms with van der Waals surface area (Å²) in [7, 11) is 0. The third kappa shape index (κ3) is 2.05. The molecular formula is C11H22O2. The van der Waals surface area contributed by atoms with Gasteiger partial charge in [0, 0.05) is 6.61 Å². The molecule has 2 heteroatoms. The molecule has 0 aromatic heterocycles. The minimum Gasteiger partial charge on any atom is -0.396 e. The van der Waals surface area contributed by atoms with Gasteiger partial charge in [-0.15, -0.1) is 0 Å². The van der Waals surface area contributed by atoms with E-state index >= 15 is 0 Å². The zero-order chi connectivity index (χ0) is 10.0. The molecule has 78 valence electrons. The van der Waals surface area contributed by atoms with E-state index in [1.807, 2.05) is 0 Å². The average Bonchev–Trinajstić information content (AvgIpc) is 2.41. The zero-order valence-electron chi connectivity index (χ0n) is 8.90. The fourth-order valence-electron chi connectivity index (χ4n) is 3.00. The molecule has 0 saturated heterocycles. The quantitative estimate of drug-likeness (QED) is 0.703. The molecule has 0 spiro atoms. The predicted octanol–water partition coefficient (Wildman–Crippen LogP) is 1.66. The number of aliphatic hydroxyl groups is 2. The maximum absolute atomic E-state index is 9.85. The Kier molecular flexibility index (Phi) is 3.74. The monoisotopic (exact) mass is 186 g/mol. The maximum atomic E-state index is 9.85. The van der Waals surface area contributed by atoms with Crippen LogP contribution in [0.15, 0.2) is 0 Å². The van der Waals surface area contributed by atoms with Crippen molar-refractivity contribution in [2.24, 2.45) is 23.7 Å². The van der Waals surface area contributed by atoms with Crippen molar-refractivity contribution in [3.05, 3.63) is 0 Å². The van der Waals surface area contributed by atoms with Gasteiger partial charge >= 0.3 is 0 Å². The van der Waals surface area contributed by atoms with E-state index in [9.17, 15) is 10.2 Å². The van der Waals surface area contributed by atoms with E-state index in [0.717, 1.165) is 12.8 Å². The highest BCUT2D eigenvalue weighted by molar-refractivity contribution is 4.91. The van der Waals surface area contributed by atoms with E-state index < -0.39 is 0 Å². The van der Waals surface area contributed by atoms with Crippen LogP contribution in [0.2, 0.25) is 0 Å². The Hall–Kier alpha value is -0.0800. The van der Waals surface area contributed by atoms with Crippen molar-refractivity contribution in [1.82, 2.24) is 0 Å². The van der Waals surface area contributed by atoms with Gasteiger partial charge in [0.05, 0.1) is 6.10 Å². The lowest BCUT2D eigenvalue weighted by Crippen LogP contribution is -2.25. The van der Waals surface area contributed by atoms with Crippen LogP contribution in [0.5, 0.6) is 0 Å². The van der Waals surface area contributed by atoms with E-state index in [-0.39, 0.29) is 12.7 Å². The van der Waals surface area contributed by atoms with Crippen LogP contribution < -0.4 is 0 Å². The molecule has 2 N–H and O–H groups in total. The van der Waals surface area contributed by atoms with Crippen molar-refractivity contribution >= 4 is 0 Å². The van der Waals surface area contributed by atoms with E-state index in [1.54, 1.807) is 0 Å². The summed E-state index contributed by atoms with van der Waals surface area (Å²) in [6.45, 7) is 6.71. The molecule has 1 rings (SSSR count). The molecule has 4 atom stereocenters. The summed E-state index contributed by atoms with van der Waals surface area (Å²) in [5.74, 6) is 1.76. The molecule has 0 aromatic carbocycles. The van der Waals surface area contributed by atoms with E-state index in [0.29, 0.717) is 23.7 Å². The third-order valence-electron chi connectivity index (χ3n) is 3.56. The van der Waals surface area contributed by atoms with Crippen LogP contribution in [0.25, 0.3) is 0 Å². The largest absolute Gasteiger partial charge is 0.396 e. The average molecular weight is 186 g/mol. The van der Waals surface area contributed by atoms with Crippen molar-refractivity contribution in [2.75, 3.05) is 6.61 Å². The van der Waals surface area contributed by atoms with Crippen LogP contribution >= 0.6 is 0 Å². The lowest BCUT2D eigenvalue weighted by molar-refractivity contribution is 0.0863. The van der Waals surface area contributed by atoms with Crippen molar-refractivity contribution in [3.63, 3.8) is 0 Å². The summed E-state index contributed by atoms with van der Waals surface area (Å²) in [6, 6.07) is 0. The second-order valence-corrected chi connectivity index (χ2v) is 4.64. The van der Waals surface area contributed by atoms with Gasteiger partial charge in [-0.3, -0.25) is 0 Å². The Morgan fingerprint density at radius 1 is 1.38 bits per heavy atom. The summed E-state index contributed by atoms with van der Waals surface area (Å²) in [4.78, 5) is 0. The molecule has 0 heterocycles. The standard InChI is InChI=1S/C11H22O2/c1-4-9-8(6-12)5-10(13)11(9)7(2)3/h7-13H,4-6H2,1-3H3. The van der Waals surface area contributed by atoms with Crippen molar-refractivity contribution in [1.29, 1.82) is 0 Å². The van der Waals surface area contributed by atoms with Crippen LogP contribution in [-0.2, 0) is 0 Å². The SMILES string of the molecule is CCC1C(CO)CC(O)C1C(C)C. The molecule has 1 aliphatic carbocycles. The first kappa shape index (κ1) is 11.0. The van der Waals surface area contributed by atoms with Gasteiger partial charge in [0.1, 0.15) is 0 Å². The smallest absolute Gasteiger partial charge is 0.0577 e. The van der Waals surface area contributed by atoms with E-state index in [4.69, 9.17) is 0 Å². The predicted molar refractivity (Wildman–Crippen MR) is 53.3 cm³/mol. The number of aliphatic hydroxyl groups excluding tert-OH is 2. The summed E-state index contributed by atoms with van der Waals surface area (Å²) < 4.78 is 0. The van der Waals surface area contributed by atoms with Gasteiger partial charge in [0.15, 0.2) is 0 Å². The first-order valence-corrected chi connectivity index (χ1v) is 5.40. The summed E-state index contributed by atoms with van der Waals surface area (Å²) in [6.07, 6.45) is 1.67. The van der Waals surface area contributed by atoms with Crippen molar-refractivity contribution in [2.45, 2.75) is 39.7 Å². The Morgan fingerprint density at radius 3 is 2.38 bits per heavy atom. The molecule has 0 aliphatic heterocycles. The molecule has 1 aliphatic rings. The van der Waals surface area contributed by atoms with E-state index in [2.05, 4.69) is 20.8 Å². The Balaban J connectivity index is 2.70. The van der Waals surface area contributed by atoms with Crippen LogP contribution in [0, 0.1) is 23.7 Å². The number of hydrogen-bond donors (Lipinski definition) is 2. The lowest BCUT2D eigenvalue weighted by Gasteiger charge is -2.26.